The van der Waals surface area contributed by atoms with Gasteiger partial charge in [0.05, 0.1) is 11.4 Å². The van der Waals surface area contributed by atoms with Crippen LogP contribution in [-0.2, 0) is 6.42 Å². The molecule has 0 saturated carbocycles. The number of fused-ring (bicyclic) bond motifs is 3. The van der Waals surface area contributed by atoms with Crippen molar-refractivity contribution < 1.29 is 0 Å². The molecular weight excluding hydrogens is 150 g/mol. The first kappa shape index (κ1) is 6.17. The summed E-state index contributed by atoms with van der Waals surface area (Å²) < 4.78 is 0. The zero-order chi connectivity index (χ0) is 7.97. The highest BCUT2D eigenvalue weighted by Gasteiger charge is 2.21. The minimum atomic E-state index is 1.01. The number of nitrogens with zero attached hydrogens (tertiary/aromatic N) is 2. The average molecular weight is 159 g/mol. The molecule has 0 atom stereocenters. The molecule has 1 N–H and O–H groups in total. The summed E-state index contributed by atoms with van der Waals surface area (Å²) in [6.07, 6.45) is 3.81. The van der Waals surface area contributed by atoms with Crippen molar-refractivity contribution in [1.29, 1.82) is 0 Å². The van der Waals surface area contributed by atoms with Gasteiger partial charge >= 0.3 is 0 Å². The molecule has 2 aliphatic rings. The van der Waals surface area contributed by atoms with Crippen LogP contribution in [-0.4, -0.2) is 16.5 Å². The maximum atomic E-state index is 4.22. The third-order valence-corrected chi connectivity index (χ3v) is 2.46. The maximum Gasteiger partial charge on any atom is 0.116 e. The van der Waals surface area contributed by atoms with E-state index in [-0.39, 0.29) is 0 Å². The normalized spacial score (nSPS) is 19.0. The number of hydrogen-bond acceptors (Lipinski definition) is 3. The molecule has 0 fully saturated rings. The molecule has 1 aliphatic carbocycles. The van der Waals surface area contributed by atoms with Crippen LogP contribution in [0.1, 0.15) is 17.8 Å². The highest BCUT2D eigenvalue weighted by molar-refractivity contribution is 5.69. The smallest absolute Gasteiger partial charge is 0.116 e. The molecule has 0 saturated heterocycles. The van der Waals surface area contributed by atoms with E-state index >= 15 is 0 Å². The summed E-state index contributed by atoms with van der Waals surface area (Å²) in [4.78, 5) is 8.42. The number of hydrogen-bond donors (Lipinski definition) is 1. The van der Waals surface area contributed by atoms with Crippen molar-refractivity contribution in [2.45, 2.75) is 12.8 Å². The van der Waals surface area contributed by atoms with Crippen LogP contribution in [0.3, 0.4) is 0 Å². The molecule has 3 nitrogen and oxygen atoms in total. The molecule has 0 aromatic carbocycles. The Balaban J connectivity index is 2.21. The zero-order valence-corrected chi connectivity index (χ0v) is 6.67. The molecule has 0 unspecified atom stereocenters. The van der Waals surface area contributed by atoms with Gasteiger partial charge in [-0.05, 0) is 18.1 Å². The summed E-state index contributed by atoms with van der Waals surface area (Å²) in [5, 5.41) is 3.36. The van der Waals surface area contributed by atoms with E-state index in [1.807, 2.05) is 0 Å². The SMILES string of the molecule is c1nc2cc(n1)C1=C(CCN1)C2. The highest BCUT2D eigenvalue weighted by atomic mass is 15.0. The van der Waals surface area contributed by atoms with Crippen LogP contribution in [0.5, 0.6) is 0 Å². The first-order valence-electron chi connectivity index (χ1n) is 4.21. The summed E-state index contributed by atoms with van der Waals surface area (Å²) in [5.41, 5.74) is 4.95. The van der Waals surface area contributed by atoms with Gasteiger partial charge in [0.15, 0.2) is 0 Å². The quantitative estimate of drug-likeness (QED) is 0.606. The number of aromatic nitrogens is 2. The molecular formula is C9H9N3. The molecule has 1 aliphatic heterocycles. The molecule has 3 heteroatoms. The van der Waals surface area contributed by atoms with Crippen molar-refractivity contribution in [3.63, 3.8) is 0 Å². The molecule has 60 valence electrons. The van der Waals surface area contributed by atoms with Gasteiger partial charge in [-0.25, -0.2) is 9.97 Å². The summed E-state index contributed by atoms with van der Waals surface area (Å²) in [7, 11) is 0. The molecule has 0 amide bonds. The van der Waals surface area contributed by atoms with E-state index in [0.29, 0.717) is 0 Å². The van der Waals surface area contributed by atoms with E-state index in [0.717, 1.165) is 30.8 Å². The Hall–Kier alpha value is -1.38. The zero-order valence-electron chi connectivity index (χ0n) is 6.67. The third kappa shape index (κ3) is 0.706. The summed E-state index contributed by atoms with van der Waals surface area (Å²) in [6, 6.07) is 2.07. The second-order valence-electron chi connectivity index (χ2n) is 3.23. The molecule has 0 spiro atoms. The van der Waals surface area contributed by atoms with Crippen molar-refractivity contribution in [3.05, 3.63) is 29.4 Å². The monoisotopic (exact) mass is 159 g/mol. The summed E-state index contributed by atoms with van der Waals surface area (Å²) in [6.45, 7) is 1.06. The van der Waals surface area contributed by atoms with E-state index in [9.17, 15) is 0 Å². The lowest BCUT2D eigenvalue weighted by atomic mass is 10.0. The van der Waals surface area contributed by atoms with Gasteiger partial charge in [-0.3, -0.25) is 0 Å². The molecule has 1 aromatic rings. The molecule has 12 heavy (non-hydrogen) atoms. The van der Waals surface area contributed by atoms with Gasteiger partial charge in [0.25, 0.3) is 0 Å². The maximum absolute atomic E-state index is 4.22. The number of rotatable bonds is 0. The van der Waals surface area contributed by atoms with Crippen molar-refractivity contribution in [1.82, 2.24) is 15.3 Å². The Morgan fingerprint density at radius 2 is 2.33 bits per heavy atom. The van der Waals surface area contributed by atoms with Crippen LogP contribution in [0.4, 0.5) is 0 Å². The van der Waals surface area contributed by atoms with Crippen molar-refractivity contribution >= 4 is 5.70 Å². The number of nitrogens with one attached hydrogen (secondary N) is 1. The van der Waals surface area contributed by atoms with Crippen LogP contribution in [0, 0.1) is 0 Å². The Kier molecular flexibility index (Phi) is 1.06. The minimum Gasteiger partial charge on any atom is -0.383 e. The van der Waals surface area contributed by atoms with Gasteiger partial charge in [0.1, 0.15) is 6.33 Å². The largest absolute Gasteiger partial charge is 0.383 e. The van der Waals surface area contributed by atoms with Crippen LogP contribution < -0.4 is 5.32 Å². The molecule has 2 bridgehead atoms. The predicted molar refractivity (Wildman–Crippen MR) is 45.3 cm³/mol. The predicted octanol–water partition coefficient (Wildman–Crippen LogP) is 0.737. The van der Waals surface area contributed by atoms with Gasteiger partial charge in [-0.15, -0.1) is 0 Å². The van der Waals surface area contributed by atoms with E-state index in [1.165, 1.54) is 11.3 Å². The van der Waals surface area contributed by atoms with Gasteiger partial charge in [-0.1, -0.05) is 0 Å². The Bertz CT molecular complexity index is 368. The molecule has 0 radical (unpaired) electrons. The first-order valence-corrected chi connectivity index (χ1v) is 4.21. The van der Waals surface area contributed by atoms with Gasteiger partial charge < -0.3 is 5.32 Å². The summed E-state index contributed by atoms with van der Waals surface area (Å²) >= 11 is 0. The van der Waals surface area contributed by atoms with Crippen LogP contribution in [0.2, 0.25) is 0 Å². The highest BCUT2D eigenvalue weighted by Crippen LogP contribution is 2.28. The molecule has 1 aromatic heterocycles. The van der Waals surface area contributed by atoms with E-state index in [1.54, 1.807) is 6.33 Å². The van der Waals surface area contributed by atoms with Gasteiger partial charge in [-0.2, -0.15) is 0 Å². The van der Waals surface area contributed by atoms with E-state index in [2.05, 4.69) is 21.4 Å². The lowest BCUT2D eigenvalue weighted by molar-refractivity contribution is 0.898. The van der Waals surface area contributed by atoms with Crippen LogP contribution >= 0.6 is 0 Å². The average Bonchev–Trinajstić information content (AvgIpc) is 2.53. The van der Waals surface area contributed by atoms with E-state index < -0.39 is 0 Å². The van der Waals surface area contributed by atoms with Gasteiger partial charge in [0, 0.05) is 18.7 Å². The molecule has 3 rings (SSSR count). The lowest BCUT2D eigenvalue weighted by Crippen LogP contribution is -2.11. The van der Waals surface area contributed by atoms with Crippen LogP contribution in [0.15, 0.2) is 18.0 Å². The fraction of sp³-hybridized carbons (Fsp3) is 0.333. The first-order chi connectivity index (χ1) is 5.93. The fourth-order valence-corrected chi connectivity index (χ4v) is 1.89. The van der Waals surface area contributed by atoms with E-state index in [4.69, 9.17) is 0 Å². The molecule has 2 heterocycles. The van der Waals surface area contributed by atoms with Crippen molar-refractivity contribution in [3.8, 4) is 0 Å². The minimum absolute atomic E-state index is 1.01. The lowest BCUT2D eigenvalue weighted by Gasteiger charge is -2.12. The summed E-state index contributed by atoms with van der Waals surface area (Å²) in [5.74, 6) is 0. The second-order valence-corrected chi connectivity index (χ2v) is 3.23. The third-order valence-electron chi connectivity index (χ3n) is 2.46. The van der Waals surface area contributed by atoms with Crippen molar-refractivity contribution in [2.24, 2.45) is 0 Å². The Labute approximate surface area is 70.5 Å². The standard InChI is InChI=1S/C9H9N3/c1-2-10-9-6(1)3-7-4-8(9)12-5-11-7/h4-5,10H,1-3H2. The second kappa shape index (κ2) is 2.06. The van der Waals surface area contributed by atoms with Crippen molar-refractivity contribution in [2.75, 3.05) is 6.54 Å². The van der Waals surface area contributed by atoms with Crippen LogP contribution in [0.25, 0.3) is 5.70 Å². The fourth-order valence-electron chi connectivity index (χ4n) is 1.89. The van der Waals surface area contributed by atoms with Gasteiger partial charge in [0.2, 0.25) is 0 Å². The Morgan fingerprint density at radius 1 is 1.33 bits per heavy atom. The Morgan fingerprint density at radius 3 is 3.33 bits per heavy atom. The topological polar surface area (TPSA) is 37.8 Å².